The summed E-state index contributed by atoms with van der Waals surface area (Å²) in [6.45, 7) is 5.70. The van der Waals surface area contributed by atoms with Crippen LogP contribution in [0.4, 0.5) is 0 Å². The first-order chi connectivity index (χ1) is 9.10. The zero-order valence-electron chi connectivity index (χ0n) is 11.3. The van der Waals surface area contributed by atoms with E-state index in [4.69, 9.17) is 0 Å². The van der Waals surface area contributed by atoms with Crippen LogP contribution in [0, 0.1) is 35.5 Å². The maximum atomic E-state index is 9.42. The van der Waals surface area contributed by atoms with E-state index in [1.807, 2.05) is 45.0 Å². The summed E-state index contributed by atoms with van der Waals surface area (Å²) in [7, 11) is 0. The van der Waals surface area contributed by atoms with Gasteiger partial charge in [-0.1, -0.05) is 24.3 Å². The first-order valence-corrected chi connectivity index (χ1v) is 6.21. The zero-order chi connectivity index (χ0) is 14.0. The average molecular weight is 249 g/mol. The van der Waals surface area contributed by atoms with Gasteiger partial charge in [-0.3, -0.25) is 4.99 Å². The first kappa shape index (κ1) is 13.1. The van der Waals surface area contributed by atoms with Crippen LogP contribution in [0.5, 0.6) is 0 Å². The van der Waals surface area contributed by atoms with E-state index in [1.54, 1.807) is 0 Å². The molecule has 2 rings (SSSR count). The molecule has 0 aliphatic carbocycles. The van der Waals surface area contributed by atoms with Crippen molar-refractivity contribution in [1.82, 2.24) is 0 Å². The van der Waals surface area contributed by atoms with E-state index in [0.717, 1.165) is 22.5 Å². The fraction of sp³-hybridized carbons (Fsp3) is 0.312. The van der Waals surface area contributed by atoms with Crippen molar-refractivity contribution in [1.29, 1.82) is 10.5 Å². The SMILES string of the molecule is CC1=NC(C)=C(C#N)[C@H](c2ccccc2C)C1C#N. The van der Waals surface area contributed by atoms with Gasteiger partial charge in [0.15, 0.2) is 0 Å². The lowest BCUT2D eigenvalue weighted by atomic mass is 9.75. The predicted octanol–water partition coefficient (Wildman–Crippen LogP) is 3.49. The van der Waals surface area contributed by atoms with Crippen molar-refractivity contribution in [3.05, 3.63) is 46.7 Å². The number of benzene rings is 1. The molecule has 0 N–H and O–H groups in total. The van der Waals surface area contributed by atoms with Crippen LogP contribution in [0.2, 0.25) is 0 Å². The van der Waals surface area contributed by atoms with Crippen molar-refractivity contribution in [2.75, 3.05) is 0 Å². The van der Waals surface area contributed by atoms with Crippen LogP contribution in [0.1, 0.15) is 30.9 Å². The molecule has 0 spiro atoms. The maximum absolute atomic E-state index is 9.42. The number of nitriles is 2. The molecule has 0 fully saturated rings. The second kappa shape index (κ2) is 5.08. The molecule has 1 heterocycles. The van der Waals surface area contributed by atoms with Crippen LogP contribution in [0.25, 0.3) is 0 Å². The molecule has 19 heavy (non-hydrogen) atoms. The van der Waals surface area contributed by atoms with Crippen LogP contribution in [-0.2, 0) is 0 Å². The average Bonchev–Trinajstić information content (AvgIpc) is 2.38. The molecule has 0 saturated heterocycles. The molecule has 0 aromatic heterocycles. The third-order valence-electron chi connectivity index (χ3n) is 3.61. The highest BCUT2D eigenvalue weighted by atomic mass is 14.8. The van der Waals surface area contributed by atoms with Crippen LogP contribution in [0.3, 0.4) is 0 Å². The lowest BCUT2D eigenvalue weighted by molar-refractivity contribution is 0.699. The maximum Gasteiger partial charge on any atom is 0.0973 e. The highest BCUT2D eigenvalue weighted by Gasteiger charge is 2.34. The molecule has 0 amide bonds. The minimum Gasteiger partial charge on any atom is -0.260 e. The number of hydrogen-bond donors (Lipinski definition) is 0. The topological polar surface area (TPSA) is 59.9 Å². The van der Waals surface area contributed by atoms with E-state index in [0.29, 0.717) is 5.57 Å². The smallest absolute Gasteiger partial charge is 0.0973 e. The van der Waals surface area contributed by atoms with Gasteiger partial charge in [-0.2, -0.15) is 10.5 Å². The van der Waals surface area contributed by atoms with Gasteiger partial charge in [-0.25, -0.2) is 0 Å². The van der Waals surface area contributed by atoms with Crippen LogP contribution < -0.4 is 0 Å². The number of allylic oxidation sites excluding steroid dienone is 2. The Labute approximate surface area is 113 Å². The van der Waals surface area contributed by atoms with Gasteiger partial charge in [0, 0.05) is 11.6 Å². The summed E-state index contributed by atoms with van der Waals surface area (Å²) in [5.41, 5.74) is 4.25. The van der Waals surface area contributed by atoms with Gasteiger partial charge in [0.2, 0.25) is 0 Å². The minimum absolute atomic E-state index is 0.200. The summed E-state index contributed by atoms with van der Waals surface area (Å²) < 4.78 is 0. The summed E-state index contributed by atoms with van der Waals surface area (Å²) in [6, 6.07) is 12.4. The Bertz CT molecular complexity index is 653. The van der Waals surface area contributed by atoms with E-state index in [1.165, 1.54) is 0 Å². The number of nitrogens with zero attached hydrogens (tertiary/aromatic N) is 3. The fourth-order valence-electron chi connectivity index (χ4n) is 2.62. The number of aliphatic imine (C=N–C) groups is 1. The Balaban J connectivity index is 2.66. The highest BCUT2D eigenvalue weighted by Crippen LogP contribution is 2.39. The molecular formula is C16H15N3. The Morgan fingerprint density at radius 3 is 2.37 bits per heavy atom. The Kier molecular flexibility index (Phi) is 3.49. The molecular weight excluding hydrogens is 234 g/mol. The van der Waals surface area contributed by atoms with E-state index in [2.05, 4.69) is 17.1 Å². The van der Waals surface area contributed by atoms with Crippen molar-refractivity contribution < 1.29 is 0 Å². The summed E-state index contributed by atoms with van der Waals surface area (Å²) in [6.07, 6.45) is 0. The number of hydrogen-bond acceptors (Lipinski definition) is 3. The van der Waals surface area contributed by atoms with Gasteiger partial charge >= 0.3 is 0 Å². The van der Waals surface area contributed by atoms with Gasteiger partial charge in [-0.15, -0.1) is 0 Å². The van der Waals surface area contributed by atoms with Gasteiger partial charge in [0.25, 0.3) is 0 Å². The highest BCUT2D eigenvalue weighted by molar-refractivity contribution is 5.90. The molecule has 0 bridgehead atoms. The molecule has 1 aromatic rings. The Morgan fingerprint density at radius 1 is 1.11 bits per heavy atom. The second-order valence-corrected chi connectivity index (χ2v) is 4.81. The quantitative estimate of drug-likeness (QED) is 0.764. The summed E-state index contributed by atoms with van der Waals surface area (Å²) in [5, 5.41) is 18.8. The predicted molar refractivity (Wildman–Crippen MR) is 74.4 cm³/mol. The van der Waals surface area contributed by atoms with Crippen molar-refractivity contribution in [2.24, 2.45) is 10.9 Å². The molecule has 0 saturated carbocycles. The van der Waals surface area contributed by atoms with Crippen LogP contribution >= 0.6 is 0 Å². The molecule has 2 atom stereocenters. The minimum atomic E-state index is -0.362. The first-order valence-electron chi connectivity index (χ1n) is 6.21. The molecule has 3 nitrogen and oxygen atoms in total. The van der Waals surface area contributed by atoms with E-state index < -0.39 is 0 Å². The monoisotopic (exact) mass is 249 g/mol. The van der Waals surface area contributed by atoms with E-state index >= 15 is 0 Å². The van der Waals surface area contributed by atoms with Crippen molar-refractivity contribution in [3.63, 3.8) is 0 Å². The molecule has 1 aromatic carbocycles. The van der Waals surface area contributed by atoms with Gasteiger partial charge in [0.05, 0.1) is 29.3 Å². The van der Waals surface area contributed by atoms with Crippen LogP contribution in [0.15, 0.2) is 40.5 Å². The summed E-state index contributed by atoms with van der Waals surface area (Å²) in [4.78, 5) is 4.34. The summed E-state index contributed by atoms with van der Waals surface area (Å²) in [5.74, 6) is -0.562. The van der Waals surface area contributed by atoms with Gasteiger partial charge in [-0.05, 0) is 31.9 Å². The molecule has 1 unspecified atom stereocenters. The molecule has 94 valence electrons. The Morgan fingerprint density at radius 2 is 1.79 bits per heavy atom. The third kappa shape index (κ3) is 2.16. The van der Waals surface area contributed by atoms with E-state index in [-0.39, 0.29) is 11.8 Å². The normalized spacial score (nSPS) is 22.5. The van der Waals surface area contributed by atoms with Crippen molar-refractivity contribution in [3.8, 4) is 12.1 Å². The van der Waals surface area contributed by atoms with Gasteiger partial charge < -0.3 is 0 Å². The second-order valence-electron chi connectivity index (χ2n) is 4.81. The fourth-order valence-corrected chi connectivity index (χ4v) is 2.62. The lowest BCUT2D eigenvalue weighted by Gasteiger charge is -2.27. The lowest BCUT2D eigenvalue weighted by Crippen LogP contribution is -2.25. The number of aryl methyl sites for hydroxylation is 1. The molecule has 0 radical (unpaired) electrons. The Hall–Kier alpha value is -2.39. The zero-order valence-corrected chi connectivity index (χ0v) is 11.3. The molecule has 3 heteroatoms. The standard InChI is InChI=1S/C16H15N3/c1-10-6-4-5-7-13(10)16-14(8-17)11(2)19-12(3)15(16)9-18/h4-7,14,16H,1-3H3/t14?,16-/m1/s1. The van der Waals surface area contributed by atoms with E-state index in [9.17, 15) is 10.5 Å². The van der Waals surface area contributed by atoms with Crippen molar-refractivity contribution >= 4 is 5.71 Å². The van der Waals surface area contributed by atoms with Crippen molar-refractivity contribution in [2.45, 2.75) is 26.7 Å². The van der Waals surface area contributed by atoms with Crippen LogP contribution in [-0.4, -0.2) is 5.71 Å². The summed E-state index contributed by atoms with van der Waals surface area (Å²) >= 11 is 0. The van der Waals surface area contributed by atoms with Gasteiger partial charge in [0.1, 0.15) is 0 Å². The third-order valence-corrected chi connectivity index (χ3v) is 3.61. The molecule has 1 aliphatic rings. The largest absolute Gasteiger partial charge is 0.260 e. The number of rotatable bonds is 1. The molecule has 1 aliphatic heterocycles.